The number of benzene rings is 1. The standard InChI is InChI=1S/C18H22N2/c1-2-17-11-19-8-7-16(17)9-13(1)10-20-12-18(14-3-4-14)15-5-6-15/h1-2,7-9,11,14-15,18,20H,3-6,10,12H2. The van der Waals surface area contributed by atoms with Gasteiger partial charge < -0.3 is 5.32 Å². The van der Waals surface area contributed by atoms with Crippen LogP contribution in [0, 0.1) is 17.8 Å². The van der Waals surface area contributed by atoms with Crippen molar-refractivity contribution in [3.05, 3.63) is 42.2 Å². The van der Waals surface area contributed by atoms with Crippen LogP contribution >= 0.6 is 0 Å². The molecule has 2 heteroatoms. The molecule has 1 N–H and O–H groups in total. The molecule has 20 heavy (non-hydrogen) atoms. The number of fused-ring (bicyclic) bond motifs is 1. The van der Waals surface area contributed by atoms with Crippen LogP contribution < -0.4 is 5.32 Å². The first-order valence-electron chi connectivity index (χ1n) is 7.93. The Balaban J connectivity index is 1.37. The van der Waals surface area contributed by atoms with Crippen molar-refractivity contribution in [2.45, 2.75) is 32.2 Å². The van der Waals surface area contributed by atoms with Crippen molar-refractivity contribution in [1.82, 2.24) is 10.3 Å². The average molecular weight is 266 g/mol. The number of hydrogen-bond donors (Lipinski definition) is 1. The summed E-state index contributed by atoms with van der Waals surface area (Å²) in [5.74, 6) is 3.04. The minimum absolute atomic E-state index is 0.958. The first-order chi connectivity index (χ1) is 9.90. The molecule has 2 fully saturated rings. The first kappa shape index (κ1) is 12.3. The summed E-state index contributed by atoms with van der Waals surface area (Å²) >= 11 is 0. The van der Waals surface area contributed by atoms with E-state index in [1.165, 1.54) is 48.6 Å². The zero-order chi connectivity index (χ0) is 13.4. The summed E-state index contributed by atoms with van der Waals surface area (Å²) in [5, 5.41) is 6.21. The van der Waals surface area contributed by atoms with Gasteiger partial charge in [0.15, 0.2) is 0 Å². The van der Waals surface area contributed by atoms with E-state index in [9.17, 15) is 0 Å². The van der Waals surface area contributed by atoms with Gasteiger partial charge in [-0.05, 0) is 73.1 Å². The quantitative estimate of drug-likeness (QED) is 0.861. The van der Waals surface area contributed by atoms with Crippen LogP contribution in [0.15, 0.2) is 36.7 Å². The normalized spacial score (nSPS) is 18.9. The topological polar surface area (TPSA) is 24.9 Å². The van der Waals surface area contributed by atoms with Gasteiger partial charge in [0, 0.05) is 24.3 Å². The highest BCUT2D eigenvalue weighted by Crippen LogP contribution is 2.48. The summed E-state index contributed by atoms with van der Waals surface area (Å²) < 4.78 is 0. The molecule has 1 heterocycles. The molecular weight excluding hydrogens is 244 g/mol. The molecule has 0 bridgehead atoms. The van der Waals surface area contributed by atoms with Gasteiger partial charge in [0.25, 0.3) is 0 Å². The molecule has 2 nitrogen and oxygen atoms in total. The van der Waals surface area contributed by atoms with Crippen molar-refractivity contribution < 1.29 is 0 Å². The van der Waals surface area contributed by atoms with E-state index in [0.29, 0.717) is 0 Å². The van der Waals surface area contributed by atoms with Crippen molar-refractivity contribution in [1.29, 1.82) is 0 Å². The molecule has 2 aliphatic carbocycles. The van der Waals surface area contributed by atoms with Gasteiger partial charge in [0.1, 0.15) is 0 Å². The molecule has 2 aromatic rings. The van der Waals surface area contributed by atoms with Crippen LogP contribution in [0.25, 0.3) is 10.8 Å². The van der Waals surface area contributed by atoms with Crippen LogP contribution in [0.1, 0.15) is 31.2 Å². The van der Waals surface area contributed by atoms with Gasteiger partial charge in [-0.2, -0.15) is 0 Å². The molecule has 2 aliphatic rings. The molecule has 0 spiro atoms. The molecule has 0 saturated heterocycles. The van der Waals surface area contributed by atoms with E-state index in [1.807, 2.05) is 12.4 Å². The molecule has 0 unspecified atom stereocenters. The fourth-order valence-electron chi connectivity index (χ4n) is 3.39. The first-order valence-corrected chi connectivity index (χ1v) is 7.93. The summed E-state index contributed by atoms with van der Waals surface area (Å²) in [6, 6.07) is 8.78. The molecule has 0 radical (unpaired) electrons. The Morgan fingerprint density at radius 1 is 1.05 bits per heavy atom. The Morgan fingerprint density at radius 3 is 2.60 bits per heavy atom. The average Bonchev–Trinajstić information content (AvgIpc) is 3.37. The zero-order valence-electron chi connectivity index (χ0n) is 11.9. The lowest BCUT2D eigenvalue weighted by atomic mass is 9.98. The molecule has 1 aromatic heterocycles. The van der Waals surface area contributed by atoms with Crippen molar-refractivity contribution in [3.63, 3.8) is 0 Å². The van der Waals surface area contributed by atoms with Gasteiger partial charge in [-0.25, -0.2) is 0 Å². The van der Waals surface area contributed by atoms with Crippen LogP contribution in [0.5, 0.6) is 0 Å². The zero-order valence-corrected chi connectivity index (χ0v) is 11.9. The van der Waals surface area contributed by atoms with Crippen molar-refractivity contribution in [3.8, 4) is 0 Å². The SMILES string of the molecule is c1cc2cc(CNCC(C3CC3)C3CC3)ccc2cn1. The van der Waals surface area contributed by atoms with Crippen molar-refractivity contribution >= 4 is 10.8 Å². The Labute approximate surface area is 120 Å². The molecule has 0 amide bonds. The Morgan fingerprint density at radius 2 is 1.85 bits per heavy atom. The van der Waals surface area contributed by atoms with E-state index in [2.05, 4.69) is 34.6 Å². The lowest BCUT2D eigenvalue weighted by molar-refractivity contribution is 0.378. The summed E-state index contributed by atoms with van der Waals surface area (Å²) in [4.78, 5) is 4.16. The van der Waals surface area contributed by atoms with Crippen LogP contribution in [-0.4, -0.2) is 11.5 Å². The van der Waals surface area contributed by atoms with E-state index in [-0.39, 0.29) is 0 Å². The molecular formula is C18H22N2. The summed E-state index contributed by atoms with van der Waals surface area (Å²) in [6.07, 6.45) is 9.72. The second kappa shape index (κ2) is 5.17. The van der Waals surface area contributed by atoms with Gasteiger partial charge in [-0.15, -0.1) is 0 Å². The van der Waals surface area contributed by atoms with Gasteiger partial charge in [-0.1, -0.05) is 12.1 Å². The molecule has 2 saturated carbocycles. The minimum atomic E-state index is 0.958. The number of hydrogen-bond acceptors (Lipinski definition) is 2. The maximum absolute atomic E-state index is 4.16. The third kappa shape index (κ3) is 2.71. The van der Waals surface area contributed by atoms with Crippen LogP contribution in [-0.2, 0) is 6.54 Å². The number of nitrogens with one attached hydrogen (secondary N) is 1. The predicted octanol–water partition coefficient (Wildman–Crippen LogP) is 3.76. The smallest absolute Gasteiger partial charge is 0.0346 e. The second-order valence-corrected chi connectivity index (χ2v) is 6.53. The van der Waals surface area contributed by atoms with E-state index < -0.39 is 0 Å². The summed E-state index contributed by atoms with van der Waals surface area (Å²) in [7, 11) is 0. The van der Waals surface area contributed by atoms with Crippen molar-refractivity contribution in [2.24, 2.45) is 17.8 Å². The monoisotopic (exact) mass is 266 g/mol. The third-order valence-corrected chi connectivity index (χ3v) is 4.87. The number of nitrogens with zero attached hydrogens (tertiary/aromatic N) is 1. The molecule has 104 valence electrons. The Hall–Kier alpha value is -1.41. The van der Waals surface area contributed by atoms with Crippen LogP contribution in [0.3, 0.4) is 0 Å². The van der Waals surface area contributed by atoms with Crippen molar-refractivity contribution in [2.75, 3.05) is 6.54 Å². The highest BCUT2D eigenvalue weighted by Gasteiger charge is 2.40. The molecule has 1 aromatic carbocycles. The second-order valence-electron chi connectivity index (χ2n) is 6.53. The maximum Gasteiger partial charge on any atom is 0.0346 e. The van der Waals surface area contributed by atoms with Crippen LogP contribution in [0.4, 0.5) is 0 Å². The van der Waals surface area contributed by atoms with E-state index in [1.54, 1.807) is 0 Å². The number of rotatable bonds is 6. The molecule has 0 atom stereocenters. The van der Waals surface area contributed by atoms with Gasteiger partial charge >= 0.3 is 0 Å². The van der Waals surface area contributed by atoms with Crippen LogP contribution in [0.2, 0.25) is 0 Å². The van der Waals surface area contributed by atoms with E-state index in [4.69, 9.17) is 0 Å². The lowest BCUT2D eigenvalue weighted by Gasteiger charge is -2.16. The third-order valence-electron chi connectivity index (χ3n) is 4.87. The fraction of sp³-hybridized carbons (Fsp3) is 0.500. The minimum Gasteiger partial charge on any atom is -0.312 e. The molecule has 4 rings (SSSR count). The van der Waals surface area contributed by atoms with Gasteiger partial charge in [0.05, 0.1) is 0 Å². The highest BCUT2D eigenvalue weighted by molar-refractivity contribution is 5.81. The molecule has 0 aliphatic heterocycles. The largest absolute Gasteiger partial charge is 0.312 e. The summed E-state index contributed by atoms with van der Waals surface area (Å²) in [6.45, 7) is 2.21. The Bertz CT molecular complexity index is 587. The fourth-order valence-corrected chi connectivity index (χ4v) is 3.39. The lowest BCUT2D eigenvalue weighted by Crippen LogP contribution is -2.25. The number of pyridine rings is 1. The van der Waals surface area contributed by atoms with E-state index >= 15 is 0 Å². The summed E-state index contributed by atoms with van der Waals surface area (Å²) in [5.41, 5.74) is 1.38. The number of aromatic nitrogens is 1. The predicted molar refractivity (Wildman–Crippen MR) is 82.4 cm³/mol. The maximum atomic E-state index is 4.16. The highest BCUT2D eigenvalue weighted by atomic mass is 14.9. The van der Waals surface area contributed by atoms with E-state index in [0.717, 1.165) is 24.3 Å². The van der Waals surface area contributed by atoms with Gasteiger partial charge in [0.2, 0.25) is 0 Å². The van der Waals surface area contributed by atoms with Gasteiger partial charge in [-0.3, -0.25) is 4.98 Å². The Kier molecular flexibility index (Phi) is 3.19.